The number of amides is 1. The number of carbonyl (C=O) groups excluding carboxylic acids is 1. The first-order chi connectivity index (χ1) is 10.6. The minimum Gasteiger partial charge on any atom is -0.454 e. The summed E-state index contributed by atoms with van der Waals surface area (Å²) in [6, 6.07) is 5.94. The Kier molecular flexibility index (Phi) is 5.76. The van der Waals surface area contributed by atoms with Crippen LogP contribution in [0.5, 0.6) is 11.5 Å². The molecule has 0 radical (unpaired) electrons. The monoisotopic (exact) mass is 340 g/mol. The molecule has 0 spiro atoms. The minimum absolute atomic E-state index is 0. The Hall–Kier alpha value is -1.46. The van der Waals surface area contributed by atoms with Gasteiger partial charge in [-0.3, -0.25) is 4.79 Å². The molecule has 1 saturated heterocycles. The Morgan fingerprint density at radius 2 is 2.09 bits per heavy atom. The van der Waals surface area contributed by atoms with Crippen molar-refractivity contribution in [3.63, 3.8) is 0 Å². The van der Waals surface area contributed by atoms with E-state index in [-0.39, 0.29) is 36.6 Å². The number of rotatable bonds is 4. The molecule has 23 heavy (non-hydrogen) atoms. The van der Waals surface area contributed by atoms with E-state index in [9.17, 15) is 4.79 Å². The van der Waals surface area contributed by atoms with Crippen molar-refractivity contribution in [1.82, 2.24) is 10.6 Å². The van der Waals surface area contributed by atoms with E-state index < -0.39 is 0 Å². The molecule has 1 aromatic carbocycles. The standard InChI is InChI=1S/C17H24N2O3.ClH/c1-17(2,10-19-16(20)13-5-3-4-8-18-13)12-6-7-14-15(9-12)22-11-21-14;/h6-7,9,13,18H,3-5,8,10-11H2,1-2H3,(H,19,20);1H. The number of carbonyl (C=O) groups is 1. The van der Waals surface area contributed by atoms with Crippen LogP contribution in [0.25, 0.3) is 0 Å². The highest BCUT2D eigenvalue weighted by atomic mass is 35.5. The zero-order chi connectivity index (χ0) is 15.6. The van der Waals surface area contributed by atoms with Gasteiger partial charge in [0.2, 0.25) is 12.7 Å². The Morgan fingerprint density at radius 1 is 1.30 bits per heavy atom. The van der Waals surface area contributed by atoms with E-state index in [0.29, 0.717) is 6.54 Å². The lowest BCUT2D eigenvalue weighted by Gasteiger charge is -2.28. The molecule has 0 aliphatic carbocycles. The quantitative estimate of drug-likeness (QED) is 0.883. The molecule has 2 aliphatic rings. The molecule has 1 fully saturated rings. The number of benzene rings is 1. The summed E-state index contributed by atoms with van der Waals surface area (Å²) in [6.45, 7) is 6.06. The predicted octanol–water partition coefficient (Wildman–Crippen LogP) is 2.37. The second-order valence-corrected chi connectivity index (χ2v) is 6.67. The van der Waals surface area contributed by atoms with Crippen LogP contribution in [0.1, 0.15) is 38.7 Å². The molecule has 1 amide bonds. The van der Waals surface area contributed by atoms with Crippen molar-refractivity contribution in [3.05, 3.63) is 23.8 Å². The summed E-state index contributed by atoms with van der Waals surface area (Å²) in [5, 5.41) is 6.37. The van der Waals surface area contributed by atoms with Crippen molar-refractivity contribution in [2.45, 2.75) is 44.6 Å². The van der Waals surface area contributed by atoms with Gasteiger partial charge < -0.3 is 20.1 Å². The van der Waals surface area contributed by atoms with Gasteiger partial charge in [0, 0.05) is 12.0 Å². The second-order valence-electron chi connectivity index (χ2n) is 6.67. The summed E-state index contributed by atoms with van der Waals surface area (Å²) in [7, 11) is 0. The van der Waals surface area contributed by atoms with Crippen molar-refractivity contribution in [3.8, 4) is 11.5 Å². The molecule has 128 valence electrons. The highest BCUT2D eigenvalue weighted by Gasteiger charge is 2.27. The van der Waals surface area contributed by atoms with Crippen LogP contribution in [-0.2, 0) is 10.2 Å². The fourth-order valence-corrected chi connectivity index (χ4v) is 2.93. The smallest absolute Gasteiger partial charge is 0.237 e. The summed E-state index contributed by atoms with van der Waals surface area (Å²) in [5.41, 5.74) is 0.972. The van der Waals surface area contributed by atoms with Gasteiger partial charge >= 0.3 is 0 Å². The molecule has 1 atom stereocenters. The van der Waals surface area contributed by atoms with Crippen molar-refractivity contribution in [2.24, 2.45) is 0 Å². The highest BCUT2D eigenvalue weighted by molar-refractivity contribution is 5.85. The zero-order valence-electron chi connectivity index (χ0n) is 13.7. The van der Waals surface area contributed by atoms with E-state index in [1.165, 1.54) is 0 Å². The fraction of sp³-hybridized carbons (Fsp3) is 0.588. The first-order valence-electron chi connectivity index (χ1n) is 7.97. The average Bonchev–Trinajstić information content (AvgIpc) is 3.01. The summed E-state index contributed by atoms with van der Waals surface area (Å²) in [5.74, 6) is 1.68. The topological polar surface area (TPSA) is 59.6 Å². The fourth-order valence-electron chi connectivity index (χ4n) is 2.93. The Labute approximate surface area is 143 Å². The van der Waals surface area contributed by atoms with E-state index in [1.54, 1.807) is 0 Å². The van der Waals surface area contributed by atoms with Gasteiger partial charge in [-0.25, -0.2) is 0 Å². The van der Waals surface area contributed by atoms with Crippen LogP contribution in [0.15, 0.2) is 18.2 Å². The molecular weight excluding hydrogens is 316 g/mol. The van der Waals surface area contributed by atoms with Gasteiger partial charge in [-0.05, 0) is 37.1 Å². The third-order valence-corrected chi connectivity index (χ3v) is 4.49. The van der Waals surface area contributed by atoms with E-state index >= 15 is 0 Å². The third kappa shape index (κ3) is 4.09. The summed E-state index contributed by atoms with van der Waals surface area (Å²) >= 11 is 0. The van der Waals surface area contributed by atoms with Gasteiger partial charge in [-0.2, -0.15) is 0 Å². The maximum Gasteiger partial charge on any atom is 0.237 e. The van der Waals surface area contributed by atoms with Crippen LogP contribution in [0.2, 0.25) is 0 Å². The van der Waals surface area contributed by atoms with E-state index in [2.05, 4.69) is 24.5 Å². The van der Waals surface area contributed by atoms with Gasteiger partial charge in [-0.1, -0.05) is 26.3 Å². The van der Waals surface area contributed by atoms with E-state index in [1.807, 2.05) is 18.2 Å². The Morgan fingerprint density at radius 3 is 2.83 bits per heavy atom. The summed E-state index contributed by atoms with van der Waals surface area (Å²) in [6.07, 6.45) is 3.21. The lowest BCUT2D eigenvalue weighted by molar-refractivity contribution is -0.123. The molecule has 2 aliphatic heterocycles. The number of nitrogens with one attached hydrogen (secondary N) is 2. The lowest BCUT2D eigenvalue weighted by atomic mass is 9.84. The Balaban J connectivity index is 0.00000192. The number of halogens is 1. The SMILES string of the molecule is CC(C)(CNC(=O)C1CCCCN1)c1ccc2c(c1)OCO2.Cl. The van der Waals surface area contributed by atoms with Crippen molar-refractivity contribution in [1.29, 1.82) is 0 Å². The highest BCUT2D eigenvalue weighted by Crippen LogP contribution is 2.36. The number of fused-ring (bicyclic) bond motifs is 1. The molecular formula is C17H25ClN2O3. The lowest BCUT2D eigenvalue weighted by Crippen LogP contribution is -2.49. The maximum atomic E-state index is 12.2. The zero-order valence-corrected chi connectivity index (χ0v) is 14.5. The molecule has 0 bridgehead atoms. The molecule has 1 unspecified atom stereocenters. The molecule has 2 heterocycles. The number of hydrogen-bond acceptors (Lipinski definition) is 4. The normalized spacial score (nSPS) is 19.8. The molecule has 2 N–H and O–H groups in total. The van der Waals surface area contributed by atoms with Crippen LogP contribution in [0.4, 0.5) is 0 Å². The minimum atomic E-state index is -0.161. The number of hydrogen-bond donors (Lipinski definition) is 2. The van der Waals surface area contributed by atoms with Crippen molar-refractivity contribution < 1.29 is 14.3 Å². The van der Waals surface area contributed by atoms with E-state index in [4.69, 9.17) is 9.47 Å². The van der Waals surface area contributed by atoms with Gasteiger partial charge in [0.05, 0.1) is 6.04 Å². The molecule has 5 nitrogen and oxygen atoms in total. The molecule has 0 aromatic heterocycles. The van der Waals surface area contributed by atoms with Crippen LogP contribution in [0, 0.1) is 0 Å². The van der Waals surface area contributed by atoms with Crippen LogP contribution in [-0.4, -0.2) is 31.8 Å². The van der Waals surface area contributed by atoms with Crippen LogP contribution < -0.4 is 20.1 Å². The maximum absolute atomic E-state index is 12.2. The summed E-state index contributed by atoms with van der Waals surface area (Å²) in [4.78, 5) is 12.2. The second kappa shape index (κ2) is 7.41. The molecule has 6 heteroatoms. The van der Waals surface area contributed by atoms with Gasteiger partial charge in [0.25, 0.3) is 0 Å². The largest absolute Gasteiger partial charge is 0.454 e. The third-order valence-electron chi connectivity index (χ3n) is 4.49. The van der Waals surface area contributed by atoms with Gasteiger partial charge in [-0.15, -0.1) is 12.4 Å². The van der Waals surface area contributed by atoms with Crippen molar-refractivity contribution in [2.75, 3.05) is 19.9 Å². The summed E-state index contributed by atoms with van der Waals surface area (Å²) < 4.78 is 10.8. The van der Waals surface area contributed by atoms with Crippen LogP contribution >= 0.6 is 12.4 Å². The van der Waals surface area contributed by atoms with Gasteiger partial charge in [0.1, 0.15) is 0 Å². The Bertz CT molecular complexity index is 557. The predicted molar refractivity (Wildman–Crippen MR) is 91.5 cm³/mol. The number of piperidine rings is 1. The average molecular weight is 341 g/mol. The molecule has 3 rings (SSSR count). The molecule has 0 saturated carbocycles. The first kappa shape index (κ1) is 17.9. The van der Waals surface area contributed by atoms with Crippen molar-refractivity contribution >= 4 is 18.3 Å². The number of ether oxygens (including phenoxy) is 2. The first-order valence-corrected chi connectivity index (χ1v) is 7.97. The molecule has 1 aromatic rings. The van der Waals surface area contributed by atoms with Gasteiger partial charge in [0.15, 0.2) is 11.5 Å². The van der Waals surface area contributed by atoms with Crippen LogP contribution in [0.3, 0.4) is 0 Å². The van der Waals surface area contributed by atoms with E-state index in [0.717, 1.165) is 42.9 Å².